The molecule has 0 saturated carbocycles. The highest BCUT2D eigenvalue weighted by Gasteiger charge is 2.17. The fourth-order valence-corrected chi connectivity index (χ4v) is 2.99. The van der Waals surface area contributed by atoms with Crippen molar-refractivity contribution in [2.24, 2.45) is 0 Å². The second-order valence-electron chi connectivity index (χ2n) is 5.37. The average molecular weight is 332 g/mol. The third-order valence-corrected chi connectivity index (χ3v) is 4.42. The SMILES string of the molecule is COC(=O)c1sccc1NC(=O)N(C)Cc1ccc(C)cc1C. The summed E-state index contributed by atoms with van der Waals surface area (Å²) in [6, 6.07) is 7.57. The van der Waals surface area contributed by atoms with Crippen molar-refractivity contribution >= 4 is 29.0 Å². The molecule has 0 spiro atoms. The van der Waals surface area contributed by atoms with E-state index in [1.54, 1.807) is 23.4 Å². The molecule has 0 aliphatic carbocycles. The van der Waals surface area contributed by atoms with E-state index in [1.807, 2.05) is 26.0 Å². The summed E-state index contributed by atoms with van der Waals surface area (Å²) >= 11 is 1.24. The van der Waals surface area contributed by atoms with Gasteiger partial charge >= 0.3 is 12.0 Å². The molecule has 2 rings (SSSR count). The summed E-state index contributed by atoms with van der Waals surface area (Å²) < 4.78 is 4.71. The number of carbonyl (C=O) groups excluding carboxylic acids is 2. The van der Waals surface area contributed by atoms with Crippen LogP contribution < -0.4 is 5.32 Å². The van der Waals surface area contributed by atoms with Crippen LogP contribution in [0.1, 0.15) is 26.4 Å². The van der Waals surface area contributed by atoms with E-state index >= 15 is 0 Å². The number of amides is 2. The lowest BCUT2D eigenvalue weighted by molar-refractivity contribution is 0.0607. The molecular weight excluding hydrogens is 312 g/mol. The van der Waals surface area contributed by atoms with Gasteiger partial charge in [0, 0.05) is 13.6 Å². The van der Waals surface area contributed by atoms with Crippen LogP contribution in [-0.2, 0) is 11.3 Å². The first-order valence-electron chi connectivity index (χ1n) is 7.16. The van der Waals surface area contributed by atoms with E-state index in [9.17, 15) is 9.59 Å². The van der Waals surface area contributed by atoms with Crippen LogP contribution in [0.5, 0.6) is 0 Å². The van der Waals surface area contributed by atoms with Gasteiger partial charge < -0.3 is 15.0 Å². The van der Waals surface area contributed by atoms with E-state index in [1.165, 1.54) is 24.0 Å². The molecule has 0 fully saturated rings. The third kappa shape index (κ3) is 4.10. The van der Waals surface area contributed by atoms with Crippen LogP contribution in [0.3, 0.4) is 0 Å². The van der Waals surface area contributed by atoms with Crippen LogP contribution >= 0.6 is 11.3 Å². The monoisotopic (exact) mass is 332 g/mol. The van der Waals surface area contributed by atoms with E-state index < -0.39 is 5.97 Å². The highest BCUT2D eigenvalue weighted by molar-refractivity contribution is 7.12. The number of hydrogen-bond donors (Lipinski definition) is 1. The van der Waals surface area contributed by atoms with Gasteiger partial charge in [-0.3, -0.25) is 0 Å². The maximum absolute atomic E-state index is 12.3. The fraction of sp³-hybridized carbons (Fsp3) is 0.294. The summed E-state index contributed by atoms with van der Waals surface area (Å²) in [4.78, 5) is 25.9. The summed E-state index contributed by atoms with van der Waals surface area (Å²) in [6.45, 7) is 4.57. The minimum Gasteiger partial charge on any atom is -0.465 e. The predicted molar refractivity (Wildman–Crippen MR) is 92.1 cm³/mol. The number of nitrogens with zero attached hydrogens (tertiary/aromatic N) is 1. The van der Waals surface area contributed by atoms with Gasteiger partial charge in [0.2, 0.25) is 0 Å². The first kappa shape index (κ1) is 17.0. The summed E-state index contributed by atoms with van der Waals surface area (Å²) in [5.41, 5.74) is 3.90. The number of anilines is 1. The molecule has 1 aromatic carbocycles. The number of benzene rings is 1. The summed E-state index contributed by atoms with van der Waals surface area (Å²) in [6.07, 6.45) is 0. The number of nitrogens with one attached hydrogen (secondary N) is 1. The van der Waals surface area contributed by atoms with Gasteiger partial charge in [-0.15, -0.1) is 11.3 Å². The third-order valence-electron chi connectivity index (χ3n) is 3.53. The van der Waals surface area contributed by atoms with Gasteiger partial charge in [0.25, 0.3) is 0 Å². The smallest absolute Gasteiger partial charge is 0.350 e. The minimum atomic E-state index is -0.452. The molecule has 23 heavy (non-hydrogen) atoms. The Morgan fingerprint density at radius 1 is 1.26 bits per heavy atom. The lowest BCUT2D eigenvalue weighted by Crippen LogP contribution is -2.31. The van der Waals surface area contributed by atoms with Crippen LogP contribution in [0.15, 0.2) is 29.6 Å². The van der Waals surface area contributed by atoms with Gasteiger partial charge in [-0.25, -0.2) is 9.59 Å². The van der Waals surface area contributed by atoms with Crippen molar-refractivity contribution in [3.63, 3.8) is 0 Å². The second kappa shape index (κ2) is 7.28. The molecule has 1 aromatic heterocycles. The Labute approximate surface area is 139 Å². The highest BCUT2D eigenvalue weighted by atomic mass is 32.1. The van der Waals surface area contributed by atoms with E-state index in [2.05, 4.69) is 11.4 Å². The molecule has 2 amide bonds. The van der Waals surface area contributed by atoms with Gasteiger partial charge in [0.15, 0.2) is 0 Å². The zero-order chi connectivity index (χ0) is 17.0. The molecule has 0 atom stereocenters. The highest BCUT2D eigenvalue weighted by Crippen LogP contribution is 2.23. The maximum Gasteiger partial charge on any atom is 0.350 e. The zero-order valence-electron chi connectivity index (χ0n) is 13.7. The number of esters is 1. The first-order chi connectivity index (χ1) is 10.9. The number of ether oxygens (including phenoxy) is 1. The van der Waals surface area contributed by atoms with Gasteiger partial charge in [-0.1, -0.05) is 23.8 Å². The minimum absolute atomic E-state index is 0.270. The van der Waals surface area contributed by atoms with E-state index in [4.69, 9.17) is 4.74 Å². The molecule has 1 N–H and O–H groups in total. The Bertz CT molecular complexity index is 724. The maximum atomic E-state index is 12.3. The summed E-state index contributed by atoms with van der Waals surface area (Å²) in [7, 11) is 3.04. The van der Waals surface area contributed by atoms with Crippen molar-refractivity contribution in [3.05, 3.63) is 51.2 Å². The van der Waals surface area contributed by atoms with Crippen LogP contribution in [0.4, 0.5) is 10.5 Å². The van der Waals surface area contributed by atoms with Crippen molar-refractivity contribution in [2.45, 2.75) is 20.4 Å². The Kier molecular flexibility index (Phi) is 5.39. The largest absolute Gasteiger partial charge is 0.465 e. The number of methoxy groups -OCH3 is 1. The quantitative estimate of drug-likeness (QED) is 0.866. The van der Waals surface area contributed by atoms with Crippen molar-refractivity contribution in [1.82, 2.24) is 4.90 Å². The molecule has 1 heterocycles. The number of urea groups is 1. The second-order valence-corrected chi connectivity index (χ2v) is 6.29. The van der Waals surface area contributed by atoms with Gasteiger partial charge in [-0.05, 0) is 36.4 Å². The molecule has 0 bridgehead atoms. The lowest BCUT2D eigenvalue weighted by atomic mass is 10.1. The Morgan fingerprint density at radius 3 is 2.65 bits per heavy atom. The molecular formula is C17H20N2O3S. The standard InChI is InChI=1S/C17H20N2O3S/c1-11-5-6-13(12(2)9-11)10-19(3)17(21)18-14-7-8-23-15(14)16(20)22-4/h5-9H,10H2,1-4H3,(H,18,21). The first-order valence-corrected chi connectivity index (χ1v) is 8.04. The number of rotatable bonds is 4. The van der Waals surface area contributed by atoms with Crippen molar-refractivity contribution < 1.29 is 14.3 Å². The fourth-order valence-electron chi connectivity index (χ4n) is 2.22. The molecule has 0 aliphatic heterocycles. The van der Waals surface area contributed by atoms with E-state index in [-0.39, 0.29) is 6.03 Å². The predicted octanol–water partition coefficient (Wildman–Crippen LogP) is 3.82. The molecule has 6 heteroatoms. The molecule has 5 nitrogen and oxygen atoms in total. The molecule has 2 aromatic rings. The van der Waals surface area contributed by atoms with Gasteiger partial charge in [0.05, 0.1) is 12.8 Å². The van der Waals surface area contributed by atoms with Crippen molar-refractivity contribution in [2.75, 3.05) is 19.5 Å². The van der Waals surface area contributed by atoms with E-state index in [0.29, 0.717) is 17.1 Å². The summed E-state index contributed by atoms with van der Waals surface area (Å²) in [5.74, 6) is -0.452. The van der Waals surface area contributed by atoms with Crippen LogP contribution in [0.2, 0.25) is 0 Å². The molecule has 0 radical (unpaired) electrons. The Morgan fingerprint density at radius 2 is 2.00 bits per heavy atom. The lowest BCUT2D eigenvalue weighted by Gasteiger charge is -2.19. The topological polar surface area (TPSA) is 58.6 Å². The number of hydrogen-bond acceptors (Lipinski definition) is 4. The molecule has 0 aliphatic rings. The van der Waals surface area contributed by atoms with Crippen molar-refractivity contribution in [1.29, 1.82) is 0 Å². The average Bonchev–Trinajstić information content (AvgIpc) is 2.97. The van der Waals surface area contributed by atoms with Gasteiger partial charge in [0.1, 0.15) is 4.88 Å². The van der Waals surface area contributed by atoms with Crippen LogP contribution in [0.25, 0.3) is 0 Å². The molecule has 0 unspecified atom stereocenters. The number of carbonyl (C=O) groups is 2. The van der Waals surface area contributed by atoms with Crippen LogP contribution in [0, 0.1) is 13.8 Å². The normalized spacial score (nSPS) is 10.3. The molecule has 122 valence electrons. The number of thiophene rings is 1. The number of aryl methyl sites for hydroxylation is 2. The Balaban J connectivity index is 2.06. The summed E-state index contributed by atoms with van der Waals surface area (Å²) in [5, 5.41) is 4.50. The zero-order valence-corrected chi connectivity index (χ0v) is 14.5. The Hall–Kier alpha value is -2.34. The molecule has 0 saturated heterocycles. The van der Waals surface area contributed by atoms with Gasteiger partial charge in [-0.2, -0.15) is 0 Å². The van der Waals surface area contributed by atoms with E-state index in [0.717, 1.165) is 11.1 Å². The van der Waals surface area contributed by atoms with Crippen molar-refractivity contribution in [3.8, 4) is 0 Å². The van der Waals surface area contributed by atoms with Crippen LogP contribution in [-0.4, -0.2) is 31.1 Å².